The SMILES string of the molecule is OCc1ccc(N(c2ccc(Br)cc2)c2ccc(/C=C/c3ccc(N(c4ccccc4)c4ccccc4)cc3)cc2)cc1. The van der Waals surface area contributed by atoms with E-state index < -0.39 is 0 Å². The zero-order valence-electron chi connectivity index (χ0n) is 23.6. The van der Waals surface area contributed by atoms with Gasteiger partial charge in [0.05, 0.1) is 6.61 Å². The molecule has 0 aliphatic heterocycles. The molecule has 6 aromatic carbocycles. The second-order valence-electron chi connectivity index (χ2n) is 10.2. The highest BCUT2D eigenvalue weighted by molar-refractivity contribution is 9.10. The molecule has 4 heteroatoms. The molecule has 6 aromatic rings. The molecule has 0 atom stereocenters. The van der Waals surface area contributed by atoms with Crippen LogP contribution in [0.15, 0.2) is 162 Å². The second-order valence-corrected chi connectivity index (χ2v) is 11.1. The molecule has 0 fully saturated rings. The third kappa shape index (κ3) is 6.78. The fourth-order valence-electron chi connectivity index (χ4n) is 5.05. The number of hydrogen-bond acceptors (Lipinski definition) is 3. The average Bonchev–Trinajstić information content (AvgIpc) is 3.07. The van der Waals surface area contributed by atoms with Crippen molar-refractivity contribution >= 4 is 62.2 Å². The number of para-hydroxylation sites is 2. The minimum Gasteiger partial charge on any atom is -0.392 e. The first-order valence-electron chi connectivity index (χ1n) is 14.2. The molecule has 0 aromatic heterocycles. The standard InChI is InChI=1S/C39H31BrN2O/c40-33-19-27-39(28-20-33)42(38-25-17-32(29-43)18-26-38)37-23-15-31(16-24-37)12-11-30-13-21-36(22-14-30)41(34-7-3-1-4-8-34)35-9-5-2-6-10-35/h1-28,43H,29H2/b12-11+. The van der Waals surface area contributed by atoms with Crippen LogP contribution >= 0.6 is 15.9 Å². The molecule has 0 saturated heterocycles. The molecule has 6 rings (SSSR count). The Hall–Kier alpha value is -4.90. The molecular formula is C39H31BrN2O. The maximum atomic E-state index is 9.50. The van der Waals surface area contributed by atoms with Gasteiger partial charge in [-0.15, -0.1) is 0 Å². The summed E-state index contributed by atoms with van der Waals surface area (Å²) in [5.41, 5.74) is 9.65. The monoisotopic (exact) mass is 622 g/mol. The van der Waals surface area contributed by atoms with Crippen LogP contribution in [0.2, 0.25) is 0 Å². The van der Waals surface area contributed by atoms with E-state index in [9.17, 15) is 5.11 Å². The quantitative estimate of drug-likeness (QED) is 0.162. The largest absolute Gasteiger partial charge is 0.392 e. The molecular weight excluding hydrogens is 592 g/mol. The van der Waals surface area contributed by atoms with E-state index in [4.69, 9.17) is 0 Å². The first-order chi connectivity index (χ1) is 21.2. The number of benzene rings is 6. The van der Waals surface area contributed by atoms with Crippen molar-refractivity contribution < 1.29 is 5.11 Å². The Morgan fingerprint density at radius 1 is 0.419 bits per heavy atom. The summed E-state index contributed by atoms with van der Waals surface area (Å²) in [6, 6.07) is 54.4. The predicted octanol–water partition coefficient (Wildman–Crippen LogP) is 11.1. The molecule has 0 aliphatic carbocycles. The Labute approximate surface area is 261 Å². The van der Waals surface area contributed by atoms with Gasteiger partial charge in [-0.05, 0) is 102 Å². The Balaban J connectivity index is 1.23. The summed E-state index contributed by atoms with van der Waals surface area (Å²) in [5.74, 6) is 0. The van der Waals surface area contributed by atoms with Gasteiger partial charge in [0, 0.05) is 38.6 Å². The van der Waals surface area contributed by atoms with Gasteiger partial charge < -0.3 is 14.9 Å². The molecule has 1 N–H and O–H groups in total. The number of aliphatic hydroxyl groups excluding tert-OH is 1. The van der Waals surface area contributed by atoms with Gasteiger partial charge in [-0.3, -0.25) is 0 Å². The first kappa shape index (κ1) is 28.2. The normalized spacial score (nSPS) is 11.0. The Bertz CT molecular complexity index is 1730. The van der Waals surface area contributed by atoms with Crippen LogP contribution in [0.4, 0.5) is 34.1 Å². The zero-order valence-corrected chi connectivity index (χ0v) is 25.2. The first-order valence-corrected chi connectivity index (χ1v) is 15.0. The Morgan fingerprint density at radius 2 is 0.744 bits per heavy atom. The van der Waals surface area contributed by atoms with E-state index >= 15 is 0 Å². The number of aliphatic hydroxyl groups is 1. The number of anilines is 6. The maximum absolute atomic E-state index is 9.50. The van der Waals surface area contributed by atoms with E-state index in [1.165, 1.54) is 0 Å². The molecule has 0 bridgehead atoms. The van der Waals surface area contributed by atoms with Gasteiger partial charge in [0.2, 0.25) is 0 Å². The third-order valence-electron chi connectivity index (χ3n) is 7.26. The molecule has 0 saturated carbocycles. The van der Waals surface area contributed by atoms with Crippen molar-refractivity contribution in [1.82, 2.24) is 0 Å². The predicted molar refractivity (Wildman–Crippen MR) is 185 cm³/mol. The lowest BCUT2D eigenvalue weighted by Crippen LogP contribution is -2.09. The van der Waals surface area contributed by atoms with Gasteiger partial charge in [-0.25, -0.2) is 0 Å². The highest BCUT2D eigenvalue weighted by Gasteiger charge is 2.13. The van der Waals surface area contributed by atoms with E-state index in [0.717, 1.165) is 55.3 Å². The minimum atomic E-state index is 0.0284. The van der Waals surface area contributed by atoms with Crippen molar-refractivity contribution in [2.24, 2.45) is 0 Å². The van der Waals surface area contributed by atoms with Crippen LogP contribution in [0.25, 0.3) is 12.2 Å². The van der Waals surface area contributed by atoms with Crippen LogP contribution in [0.1, 0.15) is 16.7 Å². The van der Waals surface area contributed by atoms with Crippen LogP contribution in [0.5, 0.6) is 0 Å². The van der Waals surface area contributed by atoms with E-state index in [1.807, 2.05) is 48.5 Å². The second kappa shape index (κ2) is 13.4. The number of halogens is 1. The number of nitrogens with zero attached hydrogens (tertiary/aromatic N) is 2. The van der Waals surface area contributed by atoms with Crippen molar-refractivity contribution in [3.8, 4) is 0 Å². The van der Waals surface area contributed by atoms with Crippen molar-refractivity contribution in [1.29, 1.82) is 0 Å². The van der Waals surface area contributed by atoms with Crippen LogP contribution in [-0.4, -0.2) is 5.11 Å². The summed E-state index contributed by atoms with van der Waals surface area (Å²) in [7, 11) is 0. The topological polar surface area (TPSA) is 26.7 Å². The van der Waals surface area contributed by atoms with Crippen LogP contribution in [0.3, 0.4) is 0 Å². The molecule has 0 unspecified atom stereocenters. The molecule has 210 valence electrons. The van der Waals surface area contributed by atoms with Gasteiger partial charge in [-0.2, -0.15) is 0 Å². The third-order valence-corrected chi connectivity index (χ3v) is 7.79. The Morgan fingerprint density at radius 3 is 1.12 bits per heavy atom. The molecule has 43 heavy (non-hydrogen) atoms. The highest BCUT2D eigenvalue weighted by Crippen LogP contribution is 2.36. The van der Waals surface area contributed by atoms with Crippen molar-refractivity contribution in [3.63, 3.8) is 0 Å². The van der Waals surface area contributed by atoms with E-state index in [2.05, 4.69) is 147 Å². The average molecular weight is 624 g/mol. The minimum absolute atomic E-state index is 0.0284. The van der Waals surface area contributed by atoms with Crippen molar-refractivity contribution in [2.45, 2.75) is 6.61 Å². The lowest BCUT2D eigenvalue weighted by molar-refractivity contribution is 0.282. The number of rotatable bonds is 9. The summed E-state index contributed by atoms with van der Waals surface area (Å²) in [5, 5.41) is 9.50. The zero-order chi connectivity index (χ0) is 29.4. The summed E-state index contributed by atoms with van der Waals surface area (Å²) < 4.78 is 1.04. The molecule has 0 spiro atoms. The van der Waals surface area contributed by atoms with Gasteiger partial charge in [0.1, 0.15) is 0 Å². The summed E-state index contributed by atoms with van der Waals surface area (Å²) >= 11 is 3.55. The fraction of sp³-hybridized carbons (Fsp3) is 0.0256. The number of hydrogen-bond donors (Lipinski definition) is 1. The van der Waals surface area contributed by atoms with Gasteiger partial charge in [-0.1, -0.05) is 101 Å². The van der Waals surface area contributed by atoms with Gasteiger partial charge in [0.15, 0.2) is 0 Å². The van der Waals surface area contributed by atoms with E-state index in [0.29, 0.717) is 0 Å². The van der Waals surface area contributed by atoms with Crippen molar-refractivity contribution in [2.75, 3.05) is 9.80 Å². The molecule has 0 radical (unpaired) electrons. The van der Waals surface area contributed by atoms with Gasteiger partial charge in [0.25, 0.3) is 0 Å². The Kier molecular flexibility index (Phi) is 8.79. The highest BCUT2D eigenvalue weighted by atomic mass is 79.9. The van der Waals surface area contributed by atoms with E-state index in [-0.39, 0.29) is 6.61 Å². The summed E-state index contributed by atoms with van der Waals surface area (Å²) in [4.78, 5) is 4.48. The lowest BCUT2D eigenvalue weighted by Gasteiger charge is -2.26. The van der Waals surface area contributed by atoms with Crippen LogP contribution < -0.4 is 9.80 Å². The van der Waals surface area contributed by atoms with Crippen molar-refractivity contribution in [3.05, 3.63) is 179 Å². The lowest BCUT2D eigenvalue weighted by atomic mass is 10.1. The molecule has 3 nitrogen and oxygen atoms in total. The molecule has 0 aliphatic rings. The van der Waals surface area contributed by atoms with E-state index in [1.54, 1.807) is 0 Å². The fourth-order valence-corrected chi connectivity index (χ4v) is 5.31. The smallest absolute Gasteiger partial charge is 0.0681 e. The van der Waals surface area contributed by atoms with Crippen LogP contribution in [-0.2, 0) is 6.61 Å². The summed E-state index contributed by atoms with van der Waals surface area (Å²) in [6.07, 6.45) is 4.29. The van der Waals surface area contributed by atoms with Crippen LogP contribution in [0, 0.1) is 0 Å². The summed E-state index contributed by atoms with van der Waals surface area (Å²) in [6.45, 7) is 0.0284. The molecule has 0 amide bonds. The molecule has 0 heterocycles. The van der Waals surface area contributed by atoms with Gasteiger partial charge >= 0.3 is 0 Å². The maximum Gasteiger partial charge on any atom is 0.0681 e.